The van der Waals surface area contributed by atoms with Crippen LogP contribution in [0.25, 0.3) is 120 Å². The Kier molecular flexibility index (Phi) is 43.3. The van der Waals surface area contributed by atoms with Gasteiger partial charge in [-0.1, -0.05) is 408 Å². The van der Waals surface area contributed by atoms with E-state index in [2.05, 4.69) is 258 Å². The Morgan fingerprint density at radius 2 is 0.467 bits per heavy atom. The van der Waals surface area contributed by atoms with Crippen LogP contribution in [0.3, 0.4) is 0 Å². The molecule has 0 fully saturated rings. The molecule has 490 valence electrons. The van der Waals surface area contributed by atoms with Crippen molar-refractivity contribution in [2.24, 2.45) is 0 Å². The highest BCUT2D eigenvalue weighted by Crippen LogP contribution is 2.49. The lowest BCUT2D eigenvalue weighted by atomic mass is 9.93. The maximum Gasteiger partial charge on any atom is -0.00263 e. The number of hydrogen-bond acceptors (Lipinski definition) is 0. The van der Waals surface area contributed by atoms with E-state index in [9.17, 15) is 0 Å². The molecule has 0 aliphatic heterocycles. The molecule has 0 N–H and O–H groups in total. The first-order valence-corrected chi connectivity index (χ1v) is 35.8. The Hall–Kier alpha value is -8.32. The van der Waals surface area contributed by atoms with Crippen molar-refractivity contribution in [2.75, 3.05) is 0 Å². The molecule has 13 aromatic carbocycles. The van der Waals surface area contributed by atoms with Gasteiger partial charge in [0.15, 0.2) is 0 Å². The van der Waals surface area contributed by atoms with Crippen LogP contribution in [-0.2, 0) is 0 Å². The fourth-order valence-electron chi connectivity index (χ4n) is 11.2. The van der Waals surface area contributed by atoms with Gasteiger partial charge in [-0.2, -0.15) is 0 Å². The summed E-state index contributed by atoms with van der Waals surface area (Å²) in [6.45, 7) is 56.7. The molecule has 2 aliphatic rings. The van der Waals surface area contributed by atoms with Crippen molar-refractivity contribution in [3.8, 4) is 44.5 Å². The Balaban J connectivity index is 0.00000108. The van der Waals surface area contributed by atoms with Gasteiger partial charge in [-0.15, -0.1) is 0 Å². The van der Waals surface area contributed by atoms with E-state index in [1.807, 2.05) is 166 Å². The fourth-order valence-corrected chi connectivity index (χ4v) is 11.2. The maximum absolute atomic E-state index is 2.30. The molecule has 0 saturated carbocycles. The van der Waals surface area contributed by atoms with Crippen LogP contribution in [0.5, 0.6) is 0 Å². The van der Waals surface area contributed by atoms with Crippen molar-refractivity contribution in [1.29, 1.82) is 0 Å². The third-order valence-corrected chi connectivity index (χ3v) is 14.3. The smallest absolute Gasteiger partial charge is 0.00263 e. The van der Waals surface area contributed by atoms with Crippen molar-refractivity contribution in [1.82, 2.24) is 0 Å². The number of hydrogen-bond donors (Lipinski definition) is 0. The molecule has 0 atom stereocenters. The second-order valence-corrected chi connectivity index (χ2v) is 18.6. The first-order chi connectivity index (χ1) is 45.4. The van der Waals surface area contributed by atoms with Gasteiger partial charge in [-0.05, 0) is 159 Å². The molecule has 0 nitrogen and oxygen atoms in total. The van der Waals surface area contributed by atoms with E-state index in [1.54, 1.807) is 0 Å². The summed E-state index contributed by atoms with van der Waals surface area (Å²) in [7, 11) is 0. The normalized spacial score (nSPS) is 9.30. The minimum atomic E-state index is 1.31. The SMILES string of the molecule is CC.CC.CC.CC.CC.CC.CC.CC.CC.CC.CC.CC.Cc1cc2ccccc2c2ccccc12.Cc1ccc2c(c1)-c1cccc3cccc-2c13.Cc1ccc2c3ccccc3c3ccccc3c2c1.Cc1cccc2c1-c1cccc3cccc-2c13. The van der Waals surface area contributed by atoms with Crippen molar-refractivity contribution in [3.63, 3.8) is 0 Å². The lowest BCUT2D eigenvalue weighted by Gasteiger charge is -2.10. The summed E-state index contributed by atoms with van der Waals surface area (Å²) in [4.78, 5) is 0. The summed E-state index contributed by atoms with van der Waals surface area (Å²) in [6, 6.07) is 83.2. The molecule has 0 amide bonds. The Morgan fingerprint density at radius 3 is 0.935 bits per heavy atom. The summed E-state index contributed by atoms with van der Waals surface area (Å²) in [5.41, 5.74) is 16.5. The van der Waals surface area contributed by atoms with Gasteiger partial charge < -0.3 is 0 Å². The van der Waals surface area contributed by atoms with Crippen LogP contribution in [-0.4, -0.2) is 0 Å². The van der Waals surface area contributed by atoms with Crippen molar-refractivity contribution < 1.29 is 0 Å². The van der Waals surface area contributed by atoms with E-state index < -0.39 is 0 Å². The second-order valence-electron chi connectivity index (χ2n) is 18.6. The number of benzene rings is 13. The third kappa shape index (κ3) is 19.8. The van der Waals surface area contributed by atoms with Crippen LogP contribution >= 0.6 is 0 Å². The summed E-state index contributed by atoms with van der Waals surface area (Å²) < 4.78 is 0. The van der Waals surface area contributed by atoms with Crippen LogP contribution in [0.1, 0.15) is 188 Å². The lowest BCUT2D eigenvalue weighted by molar-refractivity contribution is 1.48. The van der Waals surface area contributed by atoms with Crippen LogP contribution < -0.4 is 0 Å². The molecule has 0 aromatic heterocycles. The fraction of sp³-hybridized carbons (Fsp3) is 0.304. The highest BCUT2D eigenvalue weighted by molar-refractivity contribution is 6.25. The molecule has 15 rings (SSSR count). The topological polar surface area (TPSA) is 0 Å². The van der Waals surface area contributed by atoms with Crippen LogP contribution in [0.15, 0.2) is 231 Å². The van der Waals surface area contributed by atoms with Gasteiger partial charge in [0.2, 0.25) is 0 Å². The van der Waals surface area contributed by atoms with E-state index in [0.717, 1.165) is 0 Å². The highest BCUT2D eigenvalue weighted by Gasteiger charge is 2.22. The second kappa shape index (κ2) is 47.6. The van der Waals surface area contributed by atoms with E-state index in [4.69, 9.17) is 0 Å². The quantitative estimate of drug-likeness (QED) is 0.133. The van der Waals surface area contributed by atoms with Crippen molar-refractivity contribution in [3.05, 3.63) is 253 Å². The molecule has 0 heteroatoms. The molecule has 0 heterocycles. The zero-order valence-corrected chi connectivity index (χ0v) is 62.9. The largest absolute Gasteiger partial charge is 0.0683 e. The third-order valence-electron chi connectivity index (χ3n) is 14.3. The monoisotopic (exact) mass is 1230 g/mol. The minimum Gasteiger partial charge on any atom is -0.0683 e. The molecule has 13 aromatic rings. The van der Waals surface area contributed by atoms with Crippen LogP contribution in [0.4, 0.5) is 0 Å². The summed E-state index contributed by atoms with van der Waals surface area (Å²) in [5.74, 6) is 0. The van der Waals surface area contributed by atoms with Crippen LogP contribution in [0, 0.1) is 27.7 Å². The number of aryl methyl sites for hydroxylation is 4. The van der Waals surface area contributed by atoms with Gasteiger partial charge >= 0.3 is 0 Å². The number of rotatable bonds is 0. The lowest BCUT2D eigenvalue weighted by Crippen LogP contribution is -1.83. The molecule has 0 spiro atoms. The predicted octanol–water partition coefficient (Wildman–Crippen LogP) is 31.7. The molecular formula is C92H122. The van der Waals surface area contributed by atoms with Gasteiger partial charge in [0.1, 0.15) is 0 Å². The zero-order chi connectivity index (χ0) is 69.9. The maximum atomic E-state index is 2.30. The van der Waals surface area contributed by atoms with Crippen molar-refractivity contribution in [2.45, 2.75) is 194 Å². The zero-order valence-electron chi connectivity index (χ0n) is 62.9. The summed E-state index contributed by atoms with van der Waals surface area (Å²) >= 11 is 0. The first-order valence-electron chi connectivity index (χ1n) is 35.8. The van der Waals surface area contributed by atoms with Crippen LogP contribution in [0.2, 0.25) is 0 Å². The van der Waals surface area contributed by atoms with Gasteiger partial charge in [0.25, 0.3) is 0 Å². The average molecular weight is 1230 g/mol. The Morgan fingerprint density at radius 1 is 0.163 bits per heavy atom. The molecule has 0 unspecified atom stereocenters. The summed E-state index contributed by atoms with van der Waals surface area (Å²) in [5, 5.41) is 19.0. The van der Waals surface area contributed by atoms with Gasteiger partial charge in [-0.3, -0.25) is 0 Å². The Labute approximate surface area is 563 Å². The molecule has 0 radical (unpaired) electrons. The van der Waals surface area contributed by atoms with Gasteiger partial charge in [0, 0.05) is 0 Å². The van der Waals surface area contributed by atoms with E-state index in [0.29, 0.717) is 0 Å². The van der Waals surface area contributed by atoms with E-state index in [-0.39, 0.29) is 0 Å². The first kappa shape index (κ1) is 83.7. The number of fused-ring (bicyclic) bond motifs is 15. The van der Waals surface area contributed by atoms with Crippen molar-refractivity contribution >= 4 is 75.4 Å². The minimum absolute atomic E-state index is 1.31. The van der Waals surface area contributed by atoms with Gasteiger partial charge in [0.05, 0.1) is 0 Å². The molecule has 0 bridgehead atoms. The van der Waals surface area contributed by atoms with E-state index in [1.165, 1.54) is 142 Å². The molecule has 92 heavy (non-hydrogen) atoms. The molecule has 2 aliphatic carbocycles. The predicted molar refractivity (Wildman–Crippen MR) is 432 cm³/mol. The molecule has 0 saturated heterocycles. The Bertz CT molecular complexity index is 4070. The van der Waals surface area contributed by atoms with Gasteiger partial charge in [-0.25, -0.2) is 0 Å². The summed E-state index contributed by atoms with van der Waals surface area (Å²) in [6.07, 6.45) is 0. The average Bonchev–Trinajstić information content (AvgIpc) is 1.43. The van der Waals surface area contributed by atoms with E-state index >= 15 is 0 Å². The molecular weight excluding hydrogens is 1110 g/mol. The highest BCUT2D eigenvalue weighted by atomic mass is 14.3. The standard InChI is InChI=1S/C19H14.2C17H12.C15H12.12C2H6/c1-13-10-11-18-16-8-3-2-6-14(16)15-7-4-5-9-17(15)19(18)12-13;1-11-5-2-8-13-14-9-3-6-12-7-4-10-15(16(11)13)17(12)14;1-11-8-9-13-14-6-2-4-12-5-3-7-15(17(12)14)16(13)10-11;1-11-10-12-6-2-3-8-14(12)15-9-5-4-7-13(11)15;12*1-2/h2-12H,1H3;2*2-10H,1H3;2-10H,1H3;12*1-2H3.